The van der Waals surface area contributed by atoms with Gasteiger partial charge in [0, 0.05) is 5.69 Å². The molecule has 2 N–H and O–H groups in total. The van der Waals surface area contributed by atoms with E-state index in [2.05, 4.69) is 0 Å². The van der Waals surface area contributed by atoms with Crippen LogP contribution in [0.5, 0.6) is 5.75 Å². The molecule has 0 radical (unpaired) electrons. The van der Waals surface area contributed by atoms with Crippen molar-refractivity contribution in [2.75, 3.05) is 38.8 Å². The minimum atomic E-state index is -0.454. The Labute approximate surface area is 137 Å². The van der Waals surface area contributed by atoms with Crippen molar-refractivity contribution in [3.63, 3.8) is 0 Å². The molecule has 1 aromatic carbocycles. The topological polar surface area (TPSA) is 80.0 Å². The SMILES string of the molecule is CC(C)(C)OC(=O)CCOCCOCCOc1ccc(N)cc1. The Hall–Kier alpha value is -1.79. The number of nitrogen functional groups attached to an aromatic ring is 1. The maximum Gasteiger partial charge on any atom is 0.308 e. The van der Waals surface area contributed by atoms with Crippen molar-refractivity contribution in [2.24, 2.45) is 0 Å². The Morgan fingerprint density at radius 3 is 2.13 bits per heavy atom. The first-order valence-corrected chi connectivity index (χ1v) is 7.72. The first-order chi connectivity index (χ1) is 10.9. The second kappa shape index (κ2) is 10.1. The summed E-state index contributed by atoms with van der Waals surface area (Å²) in [5, 5.41) is 0. The number of esters is 1. The molecule has 0 aromatic heterocycles. The number of hydrogen-bond acceptors (Lipinski definition) is 6. The highest BCUT2D eigenvalue weighted by Gasteiger charge is 2.15. The summed E-state index contributed by atoms with van der Waals surface area (Å²) >= 11 is 0. The van der Waals surface area contributed by atoms with E-state index in [-0.39, 0.29) is 12.4 Å². The smallest absolute Gasteiger partial charge is 0.308 e. The number of carbonyl (C=O) groups is 1. The zero-order valence-corrected chi connectivity index (χ0v) is 14.2. The van der Waals surface area contributed by atoms with E-state index in [1.807, 2.05) is 32.9 Å². The number of benzene rings is 1. The molecule has 0 fully saturated rings. The van der Waals surface area contributed by atoms with Gasteiger partial charge < -0.3 is 24.7 Å². The van der Waals surface area contributed by atoms with Crippen molar-refractivity contribution in [3.8, 4) is 5.75 Å². The number of hydrogen-bond donors (Lipinski definition) is 1. The Balaban J connectivity index is 1.92. The van der Waals surface area contributed by atoms with Gasteiger partial charge in [0.2, 0.25) is 0 Å². The first kappa shape index (κ1) is 19.3. The van der Waals surface area contributed by atoms with Crippen LogP contribution in [-0.4, -0.2) is 44.6 Å². The van der Waals surface area contributed by atoms with Gasteiger partial charge in [-0.15, -0.1) is 0 Å². The molecule has 0 spiro atoms. The fourth-order valence-electron chi connectivity index (χ4n) is 1.65. The first-order valence-electron chi connectivity index (χ1n) is 7.72. The van der Waals surface area contributed by atoms with Crippen LogP contribution in [0.2, 0.25) is 0 Å². The van der Waals surface area contributed by atoms with Crippen LogP contribution in [0.4, 0.5) is 5.69 Å². The van der Waals surface area contributed by atoms with Crippen LogP contribution in [-0.2, 0) is 19.0 Å². The zero-order chi connectivity index (χ0) is 17.1. The van der Waals surface area contributed by atoms with Gasteiger partial charge in [0.05, 0.1) is 32.8 Å². The van der Waals surface area contributed by atoms with Crippen LogP contribution in [0.3, 0.4) is 0 Å². The number of carbonyl (C=O) groups excluding carboxylic acids is 1. The second-order valence-electron chi connectivity index (χ2n) is 5.98. The van der Waals surface area contributed by atoms with Gasteiger partial charge in [-0.05, 0) is 45.0 Å². The van der Waals surface area contributed by atoms with Crippen molar-refractivity contribution in [1.82, 2.24) is 0 Å². The lowest BCUT2D eigenvalue weighted by Gasteiger charge is -2.19. The summed E-state index contributed by atoms with van der Waals surface area (Å²) in [5.41, 5.74) is 5.84. The highest BCUT2D eigenvalue weighted by atomic mass is 16.6. The fourth-order valence-corrected chi connectivity index (χ4v) is 1.65. The Morgan fingerprint density at radius 1 is 0.957 bits per heavy atom. The average Bonchev–Trinajstić information content (AvgIpc) is 2.45. The summed E-state index contributed by atoms with van der Waals surface area (Å²) in [5.74, 6) is 0.506. The highest BCUT2D eigenvalue weighted by molar-refractivity contribution is 5.69. The molecular weight excluding hydrogens is 298 g/mol. The maximum atomic E-state index is 11.4. The van der Waals surface area contributed by atoms with E-state index >= 15 is 0 Å². The van der Waals surface area contributed by atoms with Crippen LogP contribution in [0.15, 0.2) is 24.3 Å². The molecule has 0 heterocycles. The molecule has 0 aliphatic rings. The van der Waals surface area contributed by atoms with Crippen molar-refractivity contribution < 1.29 is 23.7 Å². The normalized spacial score (nSPS) is 11.3. The lowest BCUT2D eigenvalue weighted by atomic mass is 10.2. The van der Waals surface area contributed by atoms with Crippen molar-refractivity contribution in [1.29, 1.82) is 0 Å². The van der Waals surface area contributed by atoms with Gasteiger partial charge in [-0.25, -0.2) is 0 Å². The van der Waals surface area contributed by atoms with Crippen molar-refractivity contribution in [3.05, 3.63) is 24.3 Å². The summed E-state index contributed by atoms with van der Waals surface area (Å²) < 4.78 is 21.3. The predicted octanol–water partition coefficient (Wildman–Crippen LogP) is 2.41. The lowest BCUT2D eigenvalue weighted by molar-refractivity contribution is -0.156. The van der Waals surface area contributed by atoms with Crippen LogP contribution < -0.4 is 10.5 Å². The summed E-state index contributed by atoms with van der Waals surface area (Å²) in [6, 6.07) is 7.20. The summed E-state index contributed by atoms with van der Waals surface area (Å²) in [6.07, 6.45) is 0.248. The fraction of sp³-hybridized carbons (Fsp3) is 0.588. The number of nitrogens with two attached hydrogens (primary N) is 1. The molecular formula is C17H27NO5. The van der Waals surface area contributed by atoms with Crippen LogP contribution in [0.25, 0.3) is 0 Å². The Bertz CT molecular complexity index is 453. The summed E-state index contributed by atoms with van der Waals surface area (Å²) in [6.45, 7) is 7.68. The largest absolute Gasteiger partial charge is 0.491 e. The zero-order valence-electron chi connectivity index (χ0n) is 14.2. The number of anilines is 1. The Morgan fingerprint density at radius 2 is 1.52 bits per heavy atom. The third kappa shape index (κ3) is 10.5. The van der Waals surface area contributed by atoms with E-state index in [1.54, 1.807) is 12.1 Å². The average molecular weight is 325 g/mol. The van der Waals surface area contributed by atoms with Gasteiger partial charge in [0.15, 0.2) is 0 Å². The molecule has 0 saturated heterocycles. The van der Waals surface area contributed by atoms with Crippen LogP contribution >= 0.6 is 0 Å². The van der Waals surface area contributed by atoms with Gasteiger partial charge in [0.1, 0.15) is 18.0 Å². The molecule has 1 rings (SSSR count). The molecule has 0 saturated carbocycles. The van der Waals surface area contributed by atoms with Crippen molar-refractivity contribution >= 4 is 11.7 Å². The van der Waals surface area contributed by atoms with Gasteiger partial charge in [-0.3, -0.25) is 4.79 Å². The monoisotopic (exact) mass is 325 g/mol. The summed E-state index contributed by atoms with van der Waals surface area (Å²) in [7, 11) is 0. The predicted molar refractivity (Wildman–Crippen MR) is 88.4 cm³/mol. The van der Waals surface area contributed by atoms with E-state index in [4.69, 9.17) is 24.7 Å². The molecule has 6 nitrogen and oxygen atoms in total. The third-order valence-electron chi connectivity index (χ3n) is 2.62. The maximum absolute atomic E-state index is 11.4. The number of rotatable bonds is 10. The van der Waals surface area contributed by atoms with E-state index in [0.29, 0.717) is 38.7 Å². The Kier molecular flexibility index (Phi) is 8.43. The highest BCUT2D eigenvalue weighted by Crippen LogP contribution is 2.12. The van der Waals surface area contributed by atoms with E-state index in [9.17, 15) is 4.79 Å². The lowest BCUT2D eigenvalue weighted by Crippen LogP contribution is -2.24. The summed E-state index contributed by atoms with van der Waals surface area (Å²) in [4.78, 5) is 11.4. The minimum Gasteiger partial charge on any atom is -0.491 e. The quantitative estimate of drug-likeness (QED) is 0.404. The molecule has 1 aromatic rings. The minimum absolute atomic E-state index is 0.248. The molecule has 0 bridgehead atoms. The molecule has 23 heavy (non-hydrogen) atoms. The van der Waals surface area contributed by atoms with Crippen molar-refractivity contribution in [2.45, 2.75) is 32.8 Å². The molecule has 0 aliphatic heterocycles. The van der Waals surface area contributed by atoms with Crippen LogP contribution in [0.1, 0.15) is 27.2 Å². The van der Waals surface area contributed by atoms with Gasteiger partial charge in [-0.1, -0.05) is 0 Å². The van der Waals surface area contributed by atoms with Gasteiger partial charge in [-0.2, -0.15) is 0 Å². The molecule has 130 valence electrons. The van der Waals surface area contributed by atoms with Gasteiger partial charge in [0.25, 0.3) is 0 Å². The second-order valence-corrected chi connectivity index (χ2v) is 5.98. The standard InChI is InChI=1S/C17H27NO5/c1-17(2,3)23-16(19)8-9-20-10-11-21-12-13-22-15-6-4-14(18)5-7-15/h4-7H,8-13,18H2,1-3H3. The molecule has 0 atom stereocenters. The molecule has 0 aliphatic carbocycles. The third-order valence-corrected chi connectivity index (χ3v) is 2.62. The van der Waals surface area contributed by atoms with Gasteiger partial charge >= 0.3 is 5.97 Å². The molecule has 0 unspecified atom stereocenters. The van der Waals surface area contributed by atoms with E-state index in [1.165, 1.54) is 0 Å². The molecule has 0 amide bonds. The molecule has 6 heteroatoms. The van der Waals surface area contributed by atoms with E-state index in [0.717, 1.165) is 5.75 Å². The number of ether oxygens (including phenoxy) is 4. The van der Waals surface area contributed by atoms with E-state index < -0.39 is 5.60 Å². The van der Waals surface area contributed by atoms with Crippen LogP contribution in [0, 0.1) is 0 Å².